The maximum absolute atomic E-state index is 11.3. The third kappa shape index (κ3) is 2.96. The van der Waals surface area contributed by atoms with Gasteiger partial charge in [0.15, 0.2) is 5.38 Å². The van der Waals surface area contributed by atoms with E-state index in [4.69, 9.17) is 11.6 Å². The van der Waals surface area contributed by atoms with Crippen molar-refractivity contribution in [2.75, 3.05) is 6.54 Å². The molecule has 14 heavy (non-hydrogen) atoms. The smallest absolute Gasteiger partial charge is 0.244 e. The highest BCUT2D eigenvalue weighted by atomic mass is 79.9. The fraction of sp³-hybridized carbons (Fsp3) is 0.333. The van der Waals surface area contributed by atoms with E-state index in [-0.39, 0.29) is 5.91 Å². The Balaban J connectivity index is 2.73. The Morgan fingerprint density at radius 3 is 2.93 bits per heavy atom. The van der Waals surface area contributed by atoms with Crippen LogP contribution in [0.2, 0.25) is 0 Å². The van der Waals surface area contributed by atoms with Gasteiger partial charge in [-0.3, -0.25) is 9.78 Å². The van der Waals surface area contributed by atoms with Crippen LogP contribution in [0.15, 0.2) is 22.8 Å². The second kappa shape index (κ2) is 5.32. The number of rotatable bonds is 3. The molecule has 1 N–H and O–H groups in total. The van der Waals surface area contributed by atoms with Crippen molar-refractivity contribution in [2.24, 2.45) is 0 Å². The highest BCUT2D eigenvalue weighted by Gasteiger charge is 2.17. The minimum absolute atomic E-state index is 0.219. The van der Waals surface area contributed by atoms with Gasteiger partial charge in [-0.25, -0.2) is 0 Å². The summed E-state index contributed by atoms with van der Waals surface area (Å²) in [6, 6.07) is 3.52. The van der Waals surface area contributed by atoms with Crippen molar-refractivity contribution in [1.82, 2.24) is 10.3 Å². The quantitative estimate of drug-likeness (QED) is 0.861. The summed E-state index contributed by atoms with van der Waals surface area (Å²) in [7, 11) is 0. The number of amides is 1. The Morgan fingerprint density at radius 1 is 1.71 bits per heavy atom. The average molecular weight is 278 g/mol. The van der Waals surface area contributed by atoms with E-state index in [0.717, 1.165) is 4.47 Å². The molecule has 0 aliphatic rings. The zero-order chi connectivity index (χ0) is 10.6. The molecule has 1 atom stereocenters. The number of alkyl halides is 1. The average Bonchev–Trinajstić information content (AvgIpc) is 2.18. The molecule has 1 aromatic heterocycles. The van der Waals surface area contributed by atoms with Crippen LogP contribution in [0.5, 0.6) is 0 Å². The van der Waals surface area contributed by atoms with Crippen LogP contribution in [0.3, 0.4) is 0 Å². The highest BCUT2D eigenvalue weighted by Crippen LogP contribution is 2.19. The van der Waals surface area contributed by atoms with Gasteiger partial charge < -0.3 is 5.32 Å². The van der Waals surface area contributed by atoms with Crippen LogP contribution >= 0.6 is 27.5 Å². The molecule has 0 radical (unpaired) electrons. The Hall–Kier alpha value is -0.610. The minimum atomic E-state index is -0.719. The predicted molar refractivity (Wildman–Crippen MR) is 59.2 cm³/mol. The third-order valence-corrected chi connectivity index (χ3v) is 2.48. The molecule has 1 unspecified atom stereocenters. The molecule has 0 fully saturated rings. The second-order valence-corrected chi connectivity index (χ2v) is 4.01. The summed E-state index contributed by atoms with van der Waals surface area (Å²) in [5.41, 5.74) is 0.556. The van der Waals surface area contributed by atoms with Crippen LogP contribution in [-0.4, -0.2) is 17.4 Å². The van der Waals surface area contributed by atoms with Gasteiger partial charge in [0.25, 0.3) is 0 Å². The van der Waals surface area contributed by atoms with Crippen LogP contribution in [0.4, 0.5) is 0 Å². The molecule has 3 nitrogen and oxygen atoms in total. The Bertz CT molecular complexity index is 315. The van der Waals surface area contributed by atoms with Crippen LogP contribution < -0.4 is 5.32 Å². The fourth-order valence-corrected chi connectivity index (χ4v) is 1.38. The normalized spacial score (nSPS) is 12.2. The maximum Gasteiger partial charge on any atom is 0.244 e. The fourth-order valence-electron chi connectivity index (χ4n) is 0.935. The van der Waals surface area contributed by atoms with Crippen molar-refractivity contribution < 1.29 is 4.79 Å². The molecule has 0 aromatic carbocycles. The minimum Gasteiger partial charge on any atom is -0.355 e. The van der Waals surface area contributed by atoms with Gasteiger partial charge in [0.05, 0.1) is 5.69 Å². The Kier molecular flexibility index (Phi) is 4.35. The van der Waals surface area contributed by atoms with Gasteiger partial charge in [-0.15, -0.1) is 11.6 Å². The van der Waals surface area contributed by atoms with Crippen molar-refractivity contribution in [3.05, 3.63) is 28.5 Å². The Labute approximate surface area is 96.0 Å². The zero-order valence-electron chi connectivity index (χ0n) is 7.63. The van der Waals surface area contributed by atoms with Gasteiger partial charge in [0.2, 0.25) is 5.91 Å². The third-order valence-electron chi connectivity index (χ3n) is 1.59. The summed E-state index contributed by atoms with van der Waals surface area (Å²) in [6.07, 6.45) is 1.62. The molecule has 0 aliphatic heterocycles. The first kappa shape index (κ1) is 11.5. The number of halogens is 2. The molecule has 76 valence electrons. The van der Waals surface area contributed by atoms with Crippen molar-refractivity contribution in [2.45, 2.75) is 12.3 Å². The van der Waals surface area contributed by atoms with E-state index in [1.54, 1.807) is 18.3 Å². The first-order valence-electron chi connectivity index (χ1n) is 4.18. The summed E-state index contributed by atoms with van der Waals surface area (Å²) < 4.78 is 0.862. The van der Waals surface area contributed by atoms with E-state index in [2.05, 4.69) is 26.2 Å². The predicted octanol–water partition coefficient (Wildman–Crippen LogP) is 2.26. The van der Waals surface area contributed by atoms with E-state index in [9.17, 15) is 4.79 Å². The van der Waals surface area contributed by atoms with Crippen molar-refractivity contribution in [3.63, 3.8) is 0 Å². The number of carbonyl (C=O) groups excluding carboxylic acids is 1. The summed E-state index contributed by atoms with van der Waals surface area (Å²) in [6.45, 7) is 2.41. The van der Waals surface area contributed by atoms with E-state index in [0.29, 0.717) is 12.2 Å². The summed E-state index contributed by atoms with van der Waals surface area (Å²) in [5.74, 6) is -0.219. The SMILES string of the molecule is CCNC(=O)C(Cl)c1ccc(Br)cn1. The van der Waals surface area contributed by atoms with Crippen LogP contribution in [-0.2, 0) is 4.79 Å². The number of hydrogen-bond acceptors (Lipinski definition) is 2. The van der Waals surface area contributed by atoms with E-state index >= 15 is 0 Å². The molecular weight excluding hydrogens is 267 g/mol. The highest BCUT2D eigenvalue weighted by molar-refractivity contribution is 9.10. The van der Waals surface area contributed by atoms with E-state index in [1.807, 2.05) is 6.92 Å². The molecular formula is C9H10BrClN2O. The largest absolute Gasteiger partial charge is 0.355 e. The summed E-state index contributed by atoms with van der Waals surface area (Å²) in [4.78, 5) is 15.4. The lowest BCUT2D eigenvalue weighted by Crippen LogP contribution is -2.26. The first-order chi connectivity index (χ1) is 6.65. The molecule has 1 aromatic rings. The van der Waals surface area contributed by atoms with Gasteiger partial charge >= 0.3 is 0 Å². The number of nitrogens with zero attached hydrogens (tertiary/aromatic N) is 1. The lowest BCUT2D eigenvalue weighted by atomic mass is 10.2. The summed E-state index contributed by atoms with van der Waals surface area (Å²) >= 11 is 9.15. The topological polar surface area (TPSA) is 42.0 Å². The van der Waals surface area contributed by atoms with Crippen molar-refractivity contribution in [1.29, 1.82) is 0 Å². The number of likely N-dealkylation sites (N-methyl/N-ethyl adjacent to an activating group) is 1. The van der Waals surface area contributed by atoms with Gasteiger partial charge in [0.1, 0.15) is 0 Å². The summed E-state index contributed by atoms with van der Waals surface area (Å²) in [5, 5.41) is 1.92. The number of aromatic nitrogens is 1. The molecule has 0 bridgehead atoms. The van der Waals surface area contributed by atoms with Gasteiger partial charge in [0, 0.05) is 17.2 Å². The molecule has 1 amide bonds. The van der Waals surface area contributed by atoms with E-state index < -0.39 is 5.38 Å². The molecule has 0 saturated heterocycles. The van der Waals surface area contributed by atoms with Crippen LogP contribution in [0.1, 0.15) is 18.0 Å². The number of nitrogens with one attached hydrogen (secondary N) is 1. The Morgan fingerprint density at radius 2 is 2.43 bits per heavy atom. The zero-order valence-corrected chi connectivity index (χ0v) is 9.97. The van der Waals surface area contributed by atoms with Gasteiger partial charge in [-0.2, -0.15) is 0 Å². The van der Waals surface area contributed by atoms with Crippen LogP contribution in [0.25, 0.3) is 0 Å². The second-order valence-electron chi connectivity index (χ2n) is 2.66. The van der Waals surface area contributed by atoms with Crippen LogP contribution in [0, 0.1) is 0 Å². The first-order valence-corrected chi connectivity index (χ1v) is 5.41. The lowest BCUT2D eigenvalue weighted by molar-refractivity contribution is -0.120. The van der Waals surface area contributed by atoms with Gasteiger partial charge in [-0.1, -0.05) is 0 Å². The van der Waals surface area contributed by atoms with Crippen molar-refractivity contribution in [3.8, 4) is 0 Å². The molecule has 5 heteroatoms. The maximum atomic E-state index is 11.3. The van der Waals surface area contributed by atoms with E-state index in [1.165, 1.54) is 0 Å². The molecule has 0 spiro atoms. The lowest BCUT2D eigenvalue weighted by Gasteiger charge is -2.08. The number of hydrogen-bond donors (Lipinski definition) is 1. The standard InChI is InChI=1S/C9H10BrClN2O/c1-2-12-9(14)8(11)7-4-3-6(10)5-13-7/h3-5,8H,2H2,1H3,(H,12,14). The number of pyridine rings is 1. The van der Waals surface area contributed by atoms with Gasteiger partial charge in [-0.05, 0) is 35.0 Å². The molecule has 0 saturated carbocycles. The molecule has 0 aliphatic carbocycles. The van der Waals surface area contributed by atoms with Crippen molar-refractivity contribution >= 4 is 33.4 Å². The number of carbonyl (C=O) groups is 1. The monoisotopic (exact) mass is 276 g/mol. The molecule has 1 rings (SSSR count). The molecule has 1 heterocycles.